The topological polar surface area (TPSA) is 101 Å². The molecule has 2 amide bonds. The van der Waals surface area contributed by atoms with Crippen LogP contribution in [0.1, 0.15) is 69.3 Å². The molecule has 154 valence electrons. The summed E-state index contributed by atoms with van der Waals surface area (Å²) < 4.78 is 0. The minimum absolute atomic E-state index is 0.0240. The van der Waals surface area contributed by atoms with Crippen LogP contribution in [0.25, 0.3) is 0 Å². The number of fused-ring (bicyclic) bond motifs is 1. The van der Waals surface area contributed by atoms with Crippen molar-refractivity contribution in [3.8, 4) is 0 Å². The van der Waals surface area contributed by atoms with Crippen molar-refractivity contribution in [1.29, 1.82) is 0 Å². The fraction of sp³-hybridized carbons (Fsp3) is 0.429. The maximum Gasteiger partial charge on any atom is 0.272 e. The maximum atomic E-state index is 12.8. The number of thiophene rings is 1. The molecule has 2 aromatic rings. The van der Waals surface area contributed by atoms with Gasteiger partial charge in [0.1, 0.15) is 5.00 Å². The summed E-state index contributed by atoms with van der Waals surface area (Å²) in [6, 6.07) is 4.28. The Labute approximate surface area is 173 Å². The molecule has 0 unspecified atom stereocenters. The number of nitro benzene ring substituents is 1. The molecule has 1 aromatic carbocycles. The molecule has 3 rings (SSSR count). The smallest absolute Gasteiger partial charge is 0.272 e. The van der Waals surface area contributed by atoms with E-state index in [1.807, 2.05) is 0 Å². The maximum absolute atomic E-state index is 12.8. The molecular formula is C21H25N3O4S. The van der Waals surface area contributed by atoms with Gasteiger partial charge < -0.3 is 10.6 Å². The quantitative estimate of drug-likeness (QED) is 0.391. The van der Waals surface area contributed by atoms with Crippen LogP contribution in [0.5, 0.6) is 0 Å². The number of hydrogen-bond acceptors (Lipinski definition) is 5. The van der Waals surface area contributed by atoms with Crippen molar-refractivity contribution in [2.24, 2.45) is 0 Å². The molecule has 0 radical (unpaired) electrons. The van der Waals surface area contributed by atoms with Gasteiger partial charge in [-0.15, -0.1) is 11.3 Å². The Morgan fingerprint density at radius 2 is 1.97 bits per heavy atom. The fourth-order valence-corrected chi connectivity index (χ4v) is 4.82. The first kappa shape index (κ1) is 21.0. The summed E-state index contributed by atoms with van der Waals surface area (Å²) in [5.74, 6) is -0.516. The minimum atomic E-state index is -0.469. The highest BCUT2D eigenvalue weighted by molar-refractivity contribution is 7.17. The number of nitro groups is 1. The number of anilines is 1. The summed E-state index contributed by atoms with van der Waals surface area (Å²) in [6.45, 7) is 4.27. The molecule has 1 aliphatic carbocycles. The zero-order chi connectivity index (χ0) is 21.0. The molecule has 0 aliphatic heterocycles. The van der Waals surface area contributed by atoms with Crippen LogP contribution < -0.4 is 10.6 Å². The van der Waals surface area contributed by atoms with Gasteiger partial charge in [0.25, 0.3) is 17.5 Å². The van der Waals surface area contributed by atoms with Crippen molar-refractivity contribution < 1.29 is 14.5 Å². The van der Waals surface area contributed by atoms with Gasteiger partial charge in [0.05, 0.1) is 10.5 Å². The number of unbranched alkanes of at least 4 members (excludes halogenated alkanes) is 1. The van der Waals surface area contributed by atoms with Gasteiger partial charge in [-0.2, -0.15) is 0 Å². The van der Waals surface area contributed by atoms with Crippen LogP contribution in [0.15, 0.2) is 18.2 Å². The largest absolute Gasteiger partial charge is 0.352 e. The minimum Gasteiger partial charge on any atom is -0.352 e. The normalized spacial score (nSPS) is 12.9. The first-order valence-electron chi connectivity index (χ1n) is 9.91. The molecule has 0 fully saturated rings. The van der Waals surface area contributed by atoms with Gasteiger partial charge in [-0.25, -0.2) is 0 Å². The van der Waals surface area contributed by atoms with Crippen molar-refractivity contribution in [3.05, 3.63) is 55.4 Å². The third-order valence-electron chi connectivity index (χ3n) is 5.10. The molecule has 0 bridgehead atoms. The van der Waals surface area contributed by atoms with Gasteiger partial charge >= 0.3 is 0 Å². The molecule has 8 heteroatoms. The summed E-state index contributed by atoms with van der Waals surface area (Å²) in [5, 5.41) is 17.4. The van der Waals surface area contributed by atoms with E-state index < -0.39 is 4.92 Å². The number of benzene rings is 1. The highest BCUT2D eigenvalue weighted by Crippen LogP contribution is 2.38. The molecule has 0 saturated carbocycles. The lowest BCUT2D eigenvalue weighted by Gasteiger charge is -2.13. The van der Waals surface area contributed by atoms with Crippen molar-refractivity contribution in [1.82, 2.24) is 5.32 Å². The summed E-state index contributed by atoms with van der Waals surface area (Å²) >= 11 is 1.46. The second-order valence-electron chi connectivity index (χ2n) is 7.24. The highest BCUT2D eigenvalue weighted by Gasteiger charge is 2.26. The Balaban J connectivity index is 1.87. The summed E-state index contributed by atoms with van der Waals surface area (Å²) in [5.41, 5.74) is 2.35. The van der Waals surface area contributed by atoms with Gasteiger partial charge in [-0.05, 0) is 56.7 Å². The second kappa shape index (κ2) is 9.17. The zero-order valence-electron chi connectivity index (χ0n) is 16.7. The third-order valence-corrected chi connectivity index (χ3v) is 6.30. The fourth-order valence-electron chi connectivity index (χ4n) is 3.54. The number of amides is 2. The van der Waals surface area contributed by atoms with E-state index >= 15 is 0 Å². The van der Waals surface area contributed by atoms with E-state index in [1.54, 1.807) is 6.92 Å². The van der Waals surface area contributed by atoms with Crippen molar-refractivity contribution in [3.63, 3.8) is 0 Å². The molecule has 1 aromatic heterocycles. The lowest BCUT2D eigenvalue weighted by molar-refractivity contribution is -0.385. The number of carbonyl (C=O) groups excluding carboxylic acids is 2. The Morgan fingerprint density at radius 1 is 1.21 bits per heavy atom. The predicted octanol–water partition coefficient (Wildman–Crippen LogP) is 4.63. The predicted molar refractivity (Wildman–Crippen MR) is 114 cm³/mol. The first-order chi connectivity index (χ1) is 13.9. The number of carbonyl (C=O) groups is 2. The lowest BCUT2D eigenvalue weighted by Crippen LogP contribution is -2.26. The van der Waals surface area contributed by atoms with E-state index in [9.17, 15) is 19.7 Å². The average Bonchev–Trinajstić information content (AvgIpc) is 3.05. The zero-order valence-corrected chi connectivity index (χ0v) is 17.5. The standard InChI is InChI=1S/C21H25N3O4S/c1-3-4-11-22-20(26)18-15-7-5-6-8-17(15)29-21(18)23-19(25)14-9-10-16(24(27)28)13(2)12-14/h9-10,12H,3-8,11H2,1-2H3,(H,22,26)(H,23,25). The first-order valence-corrected chi connectivity index (χ1v) is 10.7. The third kappa shape index (κ3) is 4.64. The van der Waals surface area contributed by atoms with Crippen LogP contribution >= 0.6 is 11.3 Å². The van der Waals surface area contributed by atoms with Crippen LogP contribution in [0.3, 0.4) is 0 Å². The van der Waals surface area contributed by atoms with E-state index in [1.165, 1.54) is 29.5 Å². The van der Waals surface area contributed by atoms with Crippen LogP contribution in [0, 0.1) is 17.0 Å². The van der Waals surface area contributed by atoms with Crippen LogP contribution in [0.4, 0.5) is 10.7 Å². The van der Waals surface area contributed by atoms with Crippen molar-refractivity contribution in [2.45, 2.75) is 52.4 Å². The Hall–Kier alpha value is -2.74. The lowest BCUT2D eigenvalue weighted by atomic mass is 9.95. The van der Waals surface area contributed by atoms with Gasteiger partial charge in [0, 0.05) is 28.6 Å². The van der Waals surface area contributed by atoms with Crippen molar-refractivity contribution >= 4 is 33.8 Å². The number of nitrogens with zero attached hydrogens (tertiary/aromatic N) is 1. The summed E-state index contributed by atoms with van der Waals surface area (Å²) in [6.07, 6.45) is 5.77. The summed E-state index contributed by atoms with van der Waals surface area (Å²) in [7, 11) is 0. The Kier molecular flexibility index (Phi) is 6.64. The van der Waals surface area contributed by atoms with E-state index in [-0.39, 0.29) is 17.5 Å². The van der Waals surface area contributed by atoms with Crippen LogP contribution in [-0.2, 0) is 12.8 Å². The number of hydrogen-bond donors (Lipinski definition) is 2. The molecule has 29 heavy (non-hydrogen) atoms. The number of rotatable bonds is 7. The molecule has 1 heterocycles. The number of aryl methyl sites for hydroxylation is 2. The van der Waals surface area contributed by atoms with Crippen LogP contribution in [0.2, 0.25) is 0 Å². The van der Waals surface area contributed by atoms with Gasteiger partial charge in [-0.1, -0.05) is 13.3 Å². The molecular weight excluding hydrogens is 390 g/mol. The molecule has 7 nitrogen and oxygen atoms in total. The SMILES string of the molecule is CCCCNC(=O)c1c(NC(=O)c2ccc([N+](=O)[O-])c(C)c2)sc2c1CCCC2. The van der Waals surface area contributed by atoms with E-state index in [0.717, 1.165) is 49.0 Å². The summed E-state index contributed by atoms with van der Waals surface area (Å²) in [4.78, 5) is 37.3. The molecule has 1 aliphatic rings. The van der Waals surface area contributed by atoms with Gasteiger partial charge in [0.15, 0.2) is 0 Å². The van der Waals surface area contributed by atoms with Crippen LogP contribution in [-0.4, -0.2) is 23.3 Å². The molecule has 0 spiro atoms. The highest BCUT2D eigenvalue weighted by atomic mass is 32.1. The Bertz CT molecular complexity index is 952. The van der Waals surface area contributed by atoms with E-state index in [4.69, 9.17) is 0 Å². The molecule has 2 N–H and O–H groups in total. The van der Waals surface area contributed by atoms with E-state index in [0.29, 0.717) is 28.2 Å². The number of nitrogens with one attached hydrogen (secondary N) is 2. The van der Waals surface area contributed by atoms with Gasteiger partial charge in [-0.3, -0.25) is 19.7 Å². The monoisotopic (exact) mass is 415 g/mol. The molecule has 0 saturated heterocycles. The second-order valence-corrected chi connectivity index (χ2v) is 8.34. The average molecular weight is 416 g/mol. The molecule has 0 atom stereocenters. The van der Waals surface area contributed by atoms with E-state index in [2.05, 4.69) is 17.6 Å². The van der Waals surface area contributed by atoms with Gasteiger partial charge in [0.2, 0.25) is 0 Å². The van der Waals surface area contributed by atoms with Crippen molar-refractivity contribution in [2.75, 3.05) is 11.9 Å². The Morgan fingerprint density at radius 3 is 2.66 bits per heavy atom.